The van der Waals surface area contributed by atoms with Gasteiger partial charge in [0.25, 0.3) is 10.0 Å². The number of benzene rings is 2. The molecular weight excluding hydrogens is 430 g/mol. The van der Waals surface area contributed by atoms with Gasteiger partial charge < -0.3 is 14.8 Å². The number of methoxy groups -OCH3 is 2. The highest BCUT2D eigenvalue weighted by atomic mass is 32.2. The van der Waals surface area contributed by atoms with E-state index in [0.29, 0.717) is 33.9 Å². The normalized spacial score (nSPS) is 13.7. The summed E-state index contributed by atoms with van der Waals surface area (Å²) in [6.45, 7) is 3.20. The average Bonchev–Trinajstić information content (AvgIpc) is 2.75. The Hall–Kier alpha value is -3.59. The molecule has 9 heteroatoms. The molecule has 2 aromatic carbocycles. The van der Waals surface area contributed by atoms with Crippen molar-refractivity contribution >= 4 is 27.3 Å². The van der Waals surface area contributed by atoms with Gasteiger partial charge in [0.2, 0.25) is 5.91 Å². The minimum Gasteiger partial charge on any atom is -0.496 e. The molecule has 0 bridgehead atoms. The van der Waals surface area contributed by atoms with Crippen molar-refractivity contribution in [2.75, 3.05) is 30.4 Å². The molecule has 0 atom stereocenters. The van der Waals surface area contributed by atoms with Crippen LogP contribution in [0.1, 0.15) is 11.1 Å². The predicted molar refractivity (Wildman–Crippen MR) is 122 cm³/mol. The van der Waals surface area contributed by atoms with Crippen molar-refractivity contribution in [3.05, 3.63) is 59.9 Å². The van der Waals surface area contributed by atoms with Gasteiger partial charge in [-0.1, -0.05) is 11.6 Å². The third kappa shape index (κ3) is 3.54. The molecule has 1 aliphatic heterocycles. The molecule has 1 aromatic heterocycles. The predicted octanol–water partition coefficient (Wildman–Crippen LogP) is 3.53. The number of nitrogens with zero attached hydrogens (tertiary/aromatic N) is 2. The summed E-state index contributed by atoms with van der Waals surface area (Å²) in [4.78, 5) is 17.0. The van der Waals surface area contributed by atoms with E-state index in [9.17, 15) is 13.2 Å². The maximum atomic E-state index is 13.8. The quantitative estimate of drug-likeness (QED) is 0.635. The lowest BCUT2D eigenvalue weighted by atomic mass is 9.97. The van der Waals surface area contributed by atoms with Crippen LogP contribution in [0.5, 0.6) is 11.5 Å². The first-order valence-corrected chi connectivity index (χ1v) is 11.3. The Morgan fingerprint density at radius 1 is 1.09 bits per heavy atom. The highest BCUT2D eigenvalue weighted by molar-refractivity contribution is 7.93. The van der Waals surface area contributed by atoms with Crippen LogP contribution in [0.15, 0.2) is 53.7 Å². The van der Waals surface area contributed by atoms with Crippen molar-refractivity contribution in [1.82, 2.24) is 4.98 Å². The summed E-state index contributed by atoms with van der Waals surface area (Å²) in [6, 6.07) is 10.3. The number of carbonyl (C=O) groups excluding carboxylic acids is 1. The zero-order valence-electron chi connectivity index (χ0n) is 18.2. The Balaban J connectivity index is 1.93. The van der Waals surface area contributed by atoms with E-state index < -0.39 is 22.5 Å². The Morgan fingerprint density at radius 3 is 2.47 bits per heavy atom. The molecule has 3 aromatic rings. The number of rotatable bonds is 5. The van der Waals surface area contributed by atoms with Crippen LogP contribution in [0.3, 0.4) is 0 Å². The first-order valence-electron chi connectivity index (χ1n) is 9.87. The molecule has 0 radical (unpaired) electrons. The lowest BCUT2D eigenvalue weighted by Crippen LogP contribution is -2.41. The zero-order valence-corrected chi connectivity index (χ0v) is 19.0. The van der Waals surface area contributed by atoms with Gasteiger partial charge in [0, 0.05) is 11.8 Å². The average molecular weight is 454 g/mol. The second-order valence-electron chi connectivity index (χ2n) is 7.45. The van der Waals surface area contributed by atoms with E-state index in [2.05, 4.69) is 10.3 Å². The van der Waals surface area contributed by atoms with Crippen LogP contribution >= 0.6 is 0 Å². The van der Waals surface area contributed by atoms with E-state index in [-0.39, 0.29) is 10.6 Å². The van der Waals surface area contributed by atoms with Crippen LogP contribution in [0, 0.1) is 13.8 Å². The summed E-state index contributed by atoms with van der Waals surface area (Å²) in [5, 5.41) is 2.69. The largest absolute Gasteiger partial charge is 0.496 e. The number of nitrogens with one attached hydrogen (secondary N) is 1. The Morgan fingerprint density at radius 2 is 1.81 bits per heavy atom. The van der Waals surface area contributed by atoms with E-state index in [1.807, 2.05) is 19.1 Å². The van der Waals surface area contributed by atoms with Crippen molar-refractivity contribution in [2.45, 2.75) is 18.7 Å². The summed E-state index contributed by atoms with van der Waals surface area (Å²) in [5.74, 6) is 0.300. The van der Waals surface area contributed by atoms with E-state index in [4.69, 9.17) is 9.47 Å². The molecule has 0 fully saturated rings. The second-order valence-corrected chi connectivity index (χ2v) is 9.25. The van der Waals surface area contributed by atoms with Crippen LogP contribution < -0.4 is 19.1 Å². The SMILES string of the molecule is COc1ccc(OC)c2c1-c1cc(C)cc(C)c1S(=O)(=O)N2CC(=O)Nc1cccnc1. The van der Waals surface area contributed by atoms with Gasteiger partial charge in [-0.05, 0) is 49.7 Å². The summed E-state index contributed by atoms with van der Waals surface area (Å²) in [7, 11) is -1.09. The standard InChI is InChI=1S/C23H23N3O5S/c1-14-10-15(2)23-17(11-14)21-18(30-3)7-8-19(31-4)22(21)26(32(23,28)29)13-20(27)25-16-6-5-9-24-12-16/h5-12H,13H2,1-4H3,(H,25,27). The van der Waals surface area contributed by atoms with Gasteiger partial charge in [0.05, 0.1) is 36.6 Å². The molecule has 1 amide bonds. The van der Waals surface area contributed by atoms with Gasteiger partial charge >= 0.3 is 0 Å². The molecule has 1 N–H and O–H groups in total. The number of ether oxygens (including phenoxy) is 2. The summed E-state index contributed by atoms with van der Waals surface area (Å²) in [5.41, 5.74) is 3.33. The number of pyridine rings is 1. The number of aromatic nitrogens is 1. The summed E-state index contributed by atoms with van der Waals surface area (Å²) in [6.07, 6.45) is 3.07. The number of carbonyl (C=O) groups is 1. The Bertz CT molecular complexity index is 1310. The molecule has 0 saturated carbocycles. The molecule has 32 heavy (non-hydrogen) atoms. The lowest BCUT2D eigenvalue weighted by Gasteiger charge is -2.34. The van der Waals surface area contributed by atoms with Crippen molar-refractivity contribution in [2.24, 2.45) is 0 Å². The zero-order chi connectivity index (χ0) is 23.0. The molecule has 8 nitrogen and oxygen atoms in total. The van der Waals surface area contributed by atoms with Gasteiger partial charge in [0.15, 0.2) is 0 Å². The maximum absolute atomic E-state index is 13.8. The van der Waals surface area contributed by atoms with Gasteiger partial charge in [-0.25, -0.2) is 8.42 Å². The number of hydrogen-bond acceptors (Lipinski definition) is 6. The van der Waals surface area contributed by atoms with E-state index >= 15 is 0 Å². The Labute approximate surface area is 186 Å². The van der Waals surface area contributed by atoms with E-state index in [1.54, 1.807) is 37.4 Å². The third-order valence-electron chi connectivity index (χ3n) is 5.26. The minimum atomic E-state index is -4.07. The van der Waals surface area contributed by atoms with Gasteiger partial charge in [0.1, 0.15) is 23.7 Å². The third-order valence-corrected chi connectivity index (χ3v) is 7.21. The molecular formula is C23H23N3O5S. The number of amides is 1. The van der Waals surface area contributed by atoms with Gasteiger partial charge in [-0.15, -0.1) is 0 Å². The van der Waals surface area contributed by atoms with Crippen molar-refractivity contribution < 1.29 is 22.7 Å². The molecule has 0 aliphatic carbocycles. The van der Waals surface area contributed by atoms with E-state index in [0.717, 1.165) is 9.87 Å². The fourth-order valence-corrected chi connectivity index (χ4v) is 5.87. The van der Waals surface area contributed by atoms with Crippen molar-refractivity contribution in [3.63, 3.8) is 0 Å². The van der Waals surface area contributed by atoms with Crippen LogP contribution in [-0.2, 0) is 14.8 Å². The molecule has 1 aliphatic rings. The lowest BCUT2D eigenvalue weighted by molar-refractivity contribution is -0.114. The van der Waals surface area contributed by atoms with Gasteiger partial charge in [-0.3, -0.25) is 14.1 Å². The number of sulfonamides is 1. The second kappa shape index (κ2) is 8.16. The van der Waals surface area contributed by atoms with Crippen LogP contribution in [0.25, 0.3) is 11.1 Å². The van der Waals surface area contributed by atoms with Crippen molar-refractivity contribution in [1.29, 1.82) is 0 Å². The van der Waals surface area contributed by atoms with Crippen LogP contribution in [0.4, 0.5) is 11.4 Å². The van der Waals surface area contributed by atoms with Gasteiger partial charge in [-0.2, -0.15) is 0 Å². The molecule has 2 heterocycles. The van der Waals surface area contributed by atoms with Crippen LogP contribution in [0.2, 0.25) is 0 Å². The number of aryl methyl sites for hydroxylation is 2. The molecule has 0 spiro atoms. The monoisotopic (exact) mass is 453 g/mol. The molecule has 4 rings (SSSR count). The van der Waals surface area contributed by atoms with Crippen molar-refractivity contribution in [3.8, 4) is 22.6 Å². The molecule has 0 saturated heterocycles. The molecule has 166 valence electrons. The van der Waals surface area contributed by atoms with E-state index in [1.165, 1.54) is 20.4 Å². The number of fused-ring (bicyclic) bond motifs is 3. The Kier molecular flexibility index (Phi) is 5.52. The summed E-state index contributed by atoms with van der Waals surface area (Å²) < 4.78 is 39.8. The number of anilines is 2. The fraction of sp³-hybridized carbons (Fsp3) is 0.217. The first-order chi connectivity index (χ1) is 15.3. The molecule has 0 unspecified atom stereocenters. The first kappa shape index (κ1) is 21.6. The minimum absolute atomic E-state index is 0.149. The highest BCUT2D eigenvalue weighted by Crippen LogP contribution is 2.52. The van der Waals surface area contributed by atoms with Crippen LogP contribution in [-0.4, -0.2) is 40.1 Å². The topological polar surface area (TPSA) is 97.8 Å². The highest BCUT2D eigenvalue weighted by Gasteiger charge is 2.41. The summed E-state index contributed by atoms with van der Waals surface area (Å²) >= 11 is 0. The number of hydrogen-bond donors (Lipinski definition) is 1. The smallest absolute Gasteiger partial charge is 0.265 e. The fourth-order valence-electron chi connectivity index (χ4n) is 4.04. The maximum Gasteiger partial charge on any atom is 0.265 e.